The Kier molecular flexibility index (Phi) is 6.24. The van der Waals surface area contributed by atoms with Crippen molar-refractivity contribution < 1.29 is 33.4 Å². The molecule has 2 aliphatic heterocycles. The van der Waals surface area contributed by atoms with Crippen LogP contribution in [0, 0.1) is 5.92 Å². The second-order valence-corrected chi connectivity index (χ2v) is 8.77. The van der Waals surface area contributed by atoms with Gasteiger partial charge in [0.25, 0.3) is 0 Å². The van der Waals surface area contributed by atoms with Gasteiger partial charge in [0.15, 0.2) is 5.78 Å². The number of nitrogens with zero attached hydrogens (tertiary/aromatic N) is 2. The van der Waals surface area contributed by atoms with Crippen LogP contribution >= 0.6 is 0 Å². The average molecular weight is 432 g/mol. The predicted molar refractivity (Wildman–Crippen MR) is 109 cm³/mol. The first kappa shape index (κ1) is 22.6. The fourth-order valence-corrected chi connectivity index (χ4v) is 3.97. The first-order chi connectivity index (χ1) is 14.6. The summed E-state index contributed by atoms with van der Waals surface area (Å²) in [6, 6.07) is 9.13. The SMILES string of the molecule is COC(=O)C1CN(C(=O)OCc2ccccc2)C2(CCN(C(=O)OC(C)(C)C)C2)C1=O. The number of carbonyl (C=O) groups excluding carboxylic acids is 4. The Balaban J connectivity index is 1.80. The van der Waals surface area contributed by atoms with Crippen molar-refractivity contribution in [2.24, 2.45) is 5.92 Å². The molecule has 0 saturated carbocycles. The number of carbonyl (C=O) groups is 4. The quantitative estimate of drug-likeness (QED) is 0.410. The second-order valence-electron chi connectivity index (χ2n) is 8.77. The number of hydrogen-bond donors (Lipinski definition) is 0. The second kappa shape index (κ2) is 8.56. The average Bonchev–Trinajstić information content (AvgIpc) is 3.29. The van der Waals surface area contributed by atoms with Crippen molar-refractivity contribution in [1.82, 2.24) is 9.80 Å². The molecule has 2 atom stereocenters. The highest BCUT2D eigenvalue weighted by molar-refractivity contribution is 6.08. The fraction of sp³-hybridized carbons (Fsp3) is 0.545. The molecule has 3 rings (SSSR count). The van der Waals surface area contributed by atoms with Gasteiger partial charge in [-0.3, -0.25) is 14.5 Å². The van der Waals surface area contributed by atoms with Crippen LogP contribution in [-0.4, -0.2) is 71.6 Å². The number of amides is 2. The van der Waals surface area contributed by atoms with Gasteiger partial charge in [-0.15, -0.1) is 0 Å². The minimum Gasteiger partial charge on any atom is -0.468 e. The summed E-state index contributed by atoms with van der Waals surface area (Å²) < 4.78 is 15.6. The van der Waals surface area contributed by atoms with Gasteiger partial charge in [-0.1, -0.05) is 30.3 Å². The number of methoxy groups -OCH3 is 1. The van der Waals surface area contributed by atoms with E-state index < -0.39 is 41.0 Å². The summed E-state index contributed by atoms with van der Waals surface area (Å²) in [7, 11) is 1.19. The summed E-state index contributed by atoms with van der Waals surface area (Å²) in [6.45, 7) is 5.28. The van der Waals surface area contributed by atoms with E-state index in [4.69, 9.17) is 14.2 Å². The first-order valence-electron chi connectivity index (χ1n) is 10.2. The largest absolute Gasteiger partial charge is 0.468 e. The lowest BCUT2D eigenvalue weighted by molar-refractivity contribution is -0.148. The lowest BCUT2D eigenvalue weighted by Gasteiger charge is -2.32. The van der Waals surface area contributed by atoms with Crippen molar-refractivity contribution in [2.45, 2.75) is 44.9 Å². The van der Waals surface area contributed by atoms with E-state index in [1.807, 2.05) is 30.3 Å². The van der Waals surface area contributed by atoms with Crippen LogP contribution in [0.3, 0.4) is 0 Å². The van der Waals surface area contributed by atoms with Crippen molar-refractivity contribution in [1.29, 1.82) is 0 Å². The van der Waals surface area contributed by atoms with Gasteiger partial charge in [0.2, 0.25) is 0 Å². The van der Waals surface area contributed by atoms with Crippen molar-refractivity contribution in [3.05, 3.63) is 35.9 Å². The van der Waals surface area contributed by atoms with Crippen LogP contribution in [0.25, 0.3) is 0 Å². The molecule has 2 heterocycles. The highest BCUT2D eigenvalue weighted by Crippen LogP contribution is 2.39. The Morgan fingerprint density at radius 1 is 1.13 bits per heavy atom. The van der Waals surface area contributed by atoms with Crippen LogP contribution in [0.15, 0.2) is 30.3 Å². The Morgan fingerprint density at radius 3 is 2.42 bits per heavy atom. The Labute approximate surface area is 181 Å². The van der Waals surface area contributed by atoms with Gasteiger partial charge in [-0.2, -0.15) is 0 Å². The molecule has 1 spiro atoms. The number of Topliss-reactive ketones (excluding diaryl/α,β-unsaturated/α-hetero) is 1. The Hall–Kier alpha value is -3.10. The van der Waals surface area contributed by atoms with Gasteiger partial charge in [0.05, 0.1) is 13.7 Å². The van der Waals surface area contributed by atoms with Gasteiger partial charge in [-0.05, 0) is 32.8 Å². The van der Waals surface area contributed by atoms with Gasteiger partial charge in [-0.25, -0.2) is 9.59 Å². The summed E-state index contributed by atoms with van der Waals surface area (Å²) in [6.07, 6.45) is -1.09. The normalized spacial score (nSPS) is 23.2. The van der Waals surface area contributed by atoms with E-state index in [0.717, 1.165) is 5.56 Å². The van der Waals surface area contributed by atoms with Gasteiger partial charge >= 0.3 is 18.2 Å². The molecule has 1 aromatic carbocycles. The molecule has 0 N–H and O–H groups in total. The molecule has 2 fully saturated rings. The lowest BCUT2D eigenvalue weighted by atomic mass is 9.89. The molecule has 0 aliphatic carbocycles. The molecule has 0 aromatic heterocycles. The molecule has 2 saturated heterocycles. The molecule has 2 aliphatic rings. The number of benzene rings is 1. The van der Waals surface area contributed by atoms with Crippen molar-refractivity contribution in [3.8, 4) is 0 Å². The van der Waals surface area contributed by atoms with Crippen molar-refractivity contribution >= 4 is 23.9 Å². The van der Waals surface area contributed by atoms with E-state index in [1.165, 1.54) is 16.9 Å². The monoisotopic (exact) mass is 432 g/mol. The number of esters is 1. The molecule has 9 heteroatoms. The summed E-state index contributed by atoms with van der Waals surface area (Å²) >= 11 is 0. The van der Waals surface area contributed by atoms with Crippen LogP contribution in [0.5, 0.6) is 0 Å². The maximum absolute atomic E-state index is 13.2. The number of hydrogen-bond acceptors (Lipinski definition) is 7. The summed E-state index contributed by atoms with van der Waals surface area (Å²) in [4.78, 5) is 53.6. The fourth-order valence-electron chi connectivity index (χ4n) is 3.97. The zero-order valence-electron chi connectivity index (χ0n) is 18.3. The Morgan fingerprint density at radius 2 is 1.81 bits per heavy atom. The summed E-state index contributed by atoms with van der Waals surface area (Å²) in [5, 5.41) is 0. The van der Waals surface area contributed by atoms with E-state index in [0.29, 0.717) is 0 Å². The predicted octanol–water partition coefficient (Wildman–Crippen LogP) is 2.38. The summed E-state index contributed by atoms with van der Waals surface area (Å²) in [5.41, 5.74) is -1.25. The van der Waals surface area contributed by atoms with Crippen molar-refractivity contribution in [3.63, 3.8) is 0 Å². The highest BCUT2D eigenvalue weighted by Gasteiger charge is 2.61. The molecule has 9 nitrogen and oxygen atoms in total. The zero-order chi connectivity index (χ0) is 22.8. The number of ketones is 1. The summed E-state index contributed by atoms with van der Waals surface area (Å²) in [5.74, 6) is -2.27. The molecular weight excluding hydrogens is 404 g/mol. The molecular formula is C22H28N2O7. The van der Waals surface area contributed by atoms with Gasteiger partial charge < -0.3 is 19.1 Å². The highest BCUT2D eigenvalue weighted by atomic mass is 16.6. The number of ether oxygens (including phenoxy) is 3. The van der Waals surface area contributed by atoms with Gasteiger partial charge in [0, 0.05) is 13.1 Å². The molecule has 1 aromatic rings. The third-order valence-electron chi connectivity index (χ3n) is 5.47. The van der Waals surface area contributed by atoms with E-state index in [1.54, 1.807) is 20.8 Å². The minimum atomic E-state index is -1.34. The molecule has 168 valence electrons. The third-order valence-corrected chi connectivity index (χ3v) is 5.47. The Bertz CT molecular complexity index is 864. The van der Waals surface area contributed by atoms with Crippen LogP contribution in [0.1, 0.15) is 32.8 Å². The molecule has 31 heavy (non-hydrogen) atoms. The smallest absolute Gasteiger partial charge is 0.411 e. The number of likely N-dealkylation sites (tertiary alicyclic amines) is 2. The third kappa shape index (κ3) is 4.65. The van der Waals surface area contributed by atoms with Gasteiger partial charge in [0.1, 0.15) is 23.7 Å². The number of rotatable bonds is 3. The zero-order valence-corrected chi connectivity index (χ0v) is 18.3. The van der Waals surface area contributed by atoms with Crippen LogP contribution in [0.2, 0.25) is 0 Å². The van der Waals surface area contributed by atoms with Crippen LogP contribution in [-0.2, 0) is 30.4 Å². The molecule has 0 radical (unpaired) electrons. The molecule has 2 unspecified atom stereocenters. The first-order valence-corrected chi connectivity index (χ1v) is 10.2. The van der Waals surface area contributed by atoms with Crippen LogP contribution in [0.4, 0.5) is 9.59 Å². The minimum absolute atomic E-state index is 0.0269. The van der Waals surface area contributed by atoms with Crippen molar-refractivity contribution in [2.75, 3.05) is 26.7 Å². The lowest BCUT2D eigenvalue weighted by Crippen LogP contribution is -2.54. The standard InChI is InChI=1S/C22H28N2O7/c1-21(2,3)31-19(27)23-11-10-22(14-23)17(25)16(18(26)29-4)12-24(22)20(28)30-13-15-8-6-5-7-9-15/h5-9,16H,10-14H2,1-4H3. The molecule has 2 amide bonds. The van der Waals surface area contributed by atoms with E-state index in [9.17, 15) is 19.2 Å². The topological polar surface area (TPSA) is 102 Å². The maximum Gasteiger partial charge on any atom is 0.411 e. The van der Waals surface area contributed by atoms with E-state index >= 15 is 0 Å². The van der Waals surface area contributed by atoms with E-state index in [-0.39, 0.29) is 32.7 Å². The van der Waals surface area contributed by atoms with E-state index in [2.05, 4.69) is 0 Å². The maximum atomic E-state index is 13.2. The molecule has 0 bridgehead atoms. The van der Waals surface area contributed by atoms with Crippen LogP contribution < -0.4 is 0 Å².